The van der Waals surface area contributed by atoms with Crippen LogP contribution in [0.15, 0.2) is 66.2 Å². The average Bonchev–Trinajstić information content (AvgIpc) is 2.83. The molecule has 1 aliphatic heterocycles. The van der Waals surface area contributed by atoms with Crippen LogP contribution in [0.1, 0.15) is 27.0 Å². The van der Waals surface area contributed by atoms with Crippen molar-refractivity contribution < 1.29 is 23.1 Å². The zero-order chi connectivity index (χ0) is 23.5. The molecule has 0 unspecified atom stereocenters. The fraction of sp³-hybridized carbons (Fsp3) is 0.111. The van der Waals surface area contributed by atoms with Crippen LogP contribution in [0.25, 0.3) is 6.08 Å². The lowest BCUT2D eigenvalue weighted by Gasteiger charge is -2.26. The van der Waals surface area contributed by atoms with Crippen LogP contribution in [0.3, 0.4) is 0 Å². The van der Waals surface area contributed by atoms with Crippen molar-refractivity contribution in [2.24, 2.45) is 0 Å². The van der Waals surface area contributed by atoms with Gasteiger partial charge in [-0.1, -0.05) is 30.0 Å². The summed E-state index contributed by atoms with van der Waals surface area (Å²) in [5, 5.41) is 0. The molecule has 0 spiro atoms. The van der Waals surface area contributed by atoms with Crippen LogP contribution in [0.5, 0.6) is 5.75 Å². The maximum atomic E-state index is 13.6. The molecule has 0 aliphatic carbocycles. The zero-order valence-electron chi connectivity index (χ0n) is 18.0. The van der Waals surface area contributed by atoms with Crippen LogP contribution in [0, 0.1) is 23.5 Å². The lowest BCUT2D eigenvalue weighted by atomic mass is 9.92. The van der Waals surface area contributed by atoms with E-state index in [-0.39, 0.29) is 11.1 Å². The highest BCUT2D eigenvalue weighted by Gasteiger charge is 2.32. The minimum absolute atomic E-state index is 0.126. The summed E-state index contributed by atoms with van der Waals surface area (Å²) in [4.78, 5) is 27.2. The number of likely N-dealkylation sites (N-methyl/N-ethyl adjacent to an activating group) is 1. The van der Waals surface area contributed by atoms with E-state index >= 15 is 0 Å². The van der Waals surface area contributed by atoms with Crippen LogP contribution >= 0.6 is 0 Å². The summed E-state index contributed by atoms with van der Waals surface area (Å²) in [6, 6.07) is 15.9. The predicted molar refractivity (Wildman–Crippen MR) is 122 cm³/mol. The summed E-state index contributed by atoms with van der Waals surface area (Å²) in [6.45, 7) is 0. The number of ketones is 1. The van der Waals surface area contributed by atoms with Crippen molar-refractivity contribution in [1.82, 2.24) is 0 Å². The molecule has 0 radical (unpaired) electrons. The van der Waals surface area contributed by atoms with E-state index in [4.69, 9.17) is 4.74 Å². The van der Waals surface area contributed by atoms with E-state index in [1.807, 2.05) is 24.3 Å². The van der Waals surface area contributed by atoms with Crippen molar-refractivity contribution in [1.29, 1.82) is 0 Å². The quantitative estimate of drug-likeness (QED) is 0.332. The number of benzene rings is 3. The first-order valence-corrected chi connectivity index (χ1v) is 10.1. The topological polar surface area (TPSA) is 46.6 Å². The number of carbonyl (C=O) groups excluding carboxylic acids is 2. The number of fused-ring (bicyclic) bond motifs is 1. The van der Waals surface area contributed by atoms with Gasteiger partial charge in [0.1, 0.15) is 5.75 Å². The van der Waals surface area contributed by atoms with Crippen LogP contribution in [0.2, 0.25) is 0 Å². The van der Waals surface area contributed by atoms with Crippen molar-refractivity contribution in [3.05, 3.63) is 100 Å². The van der Waals surface area contributed by atoms with Gasteiger partial charge in [-0.25, -0.2) is 8.78 Å². The Kier molecular flexibility index (Phi) is 6.05. The first-order valence-electron chi connectivity index (χ1n) is 10.1. The normalized spacial score (nSPS) is 14.1. The fourth-order valence-corrected chi connectivity index (χ4v) is 3.51. The van der Waals surface area contributed by atoms with Gasteiger partial charge in [-0.3, -0.25) is 9.59 Å². The molecular formula is C27H19F2NO3. The summed E-state index contributed by atoms with van der Waals surface area (Å²) < 4.78 is 31.9. The van der Waals surface area contributed by atoms with Gasteiger partial charge in [-0.15, -0.1) is 0 Å². The van der Waals surface area contributed by atoms with E-state index < -0.39 is 23.3 Å². The van der Waals surface area contributed by atoms with E-state index in [0.29, 0.717) is 23.2 Å². The summed E-state index contributed by atoms with van der Waals surface area (Å²) in [5.74, 6) is 3.84. The second-order valence-corrected chi connectivity index (χ2v) is 7.48. The summed E-state index contributed by atoms with van der Waals surface area (Å²) in [6.07, 6.45) is 1.79. The predicted octanol–water partition coefficient (Wildman–Crippen LogP) is 4.81. The second kappa shape index (κ2) is 9.09. The molecule has 164 valence electrons. The van der Waals surface area contributed by atoms with Gasteiger partial charge in [0.05, 0.1) is 18.4 Å². The van der Waals surface area contributed by atoms with E-state index in [0.717, 1.165) is 23.4 Å². The Labute approximate surface area is 190 Å². The third-order valence-corrected chi connectivity index (χ3v) is 5.32. The highest BCUT2D eigenvalue weighted by molar-refractivity contribution is 6.36. The Hall–Kier alpha value is -4.24. The number of hydrogen-bond acceptors (Lipinski definition) is 3. The molecule has 1 heterocycles. The highest BCUT2D eigenvalue weighted by atomic mass is 19.2. The number of Topliss-reactive ketones (excluding diaryl/α,β-unsaturated/α-hetero) is 1. The number of nitrogens with zero attached hydrogens (tertiary/aromatic N) is 1. The minimum atomic E-state index is -1.05. The first kappa shape index (κ1) is 22.0. The third kappa shape index (κ3) is 4.53. The Morgan fingerprint density at radius 2 is 1.73 bits per heavy atom. The van der Waals surface area contributed by atoms with E-state index in [1.165, 1.54) is 17.0 Å². The molecule has 33 heavy (non-hydrogen) atoms. The number of rotatable bonds is 3. The Morgan fingerprint density at radius 3 is 2.42 bits per heavy atom. The van der Waals surface area contributed by atoms with Gasteiger partial charge in [0.2, 0.25) is 5.78 Å². The number of halogens is 2. The minimum Gasteiger partial charge on any atom is -0.497 e. The molecule has 3 aromatic carbocycles. The number of carbonyl (C=O) groups is 2. The number of ether oxygens (including phenoxy) is 1. The van der Waals surface area contributed by atoms with Gasteiger partial charge in [0, 0.05) is 24.6 Å². The van der Waals surface area contributed by atoms with Gasteiger partial charge in [-0.2, -0.15) is 0 Å². The molecule has 0 bridgehead atoms. The fourth-order valence-electron chi connectivity index (χ4n) is 3.51. The number of anilines is 1. The van der Waals surface area contributed by atoms with Crippen molar-refractivity contribution in [2.45, 2.75) is 6.42 Å². The molecular weight excluding hydrogens is 424 g/mol. The molecule has 4 nitrogen and oxygen atoms in total. The molecule has 0 aromatic heterocycles. The smallest absolute Gasteiger partial charge is 0.262 e. The molecule has 0 saturated heterocycles. The molecule has 0 N–H and O–H groups in total. The molecule has 0 saturated carbocycles. The van der Waals surface area contributed by atoms with Crippen LogP contribution in [-0.4, -0.2) is 25.8 Å². The van der Waals surface area contributed by atoms with E-state index in [2.05, 4.69) is 11.8 Å². The number of hydrogen-bond donors (Lipinski definition) is 0. The van der Waals surface area contributed by atoms with Gasteiger partial charge in [0.25, 0.3) is 5.91 Å². The van der Waals surface area contributed by atoms with Crippen LogP contribution < -0.4 is 9.64 Å². The standard InChI is InChI=1S/C27H19F2NO3/c1-30-25-13-9-18(5-3-4-17-6-10-20(33-2)11-7-17)14-21(25)26(31)22(27(30)32)15-19-8-12-23(28)24(29)16-19/h6-16H,4H2,1-2H3/b22-15+. The largest absolute Gasteiger partial charge is 0.497 e. The Balaban J connectivity index is 1.62. The van der Waals surface area contributed by atoms with Crippen LogP contribution in [-0.2, 0) is 11.2 Å². The molecule has 0 atom stereocenters. The van der Waals surface area contributed by atoms with Gasteiger partial charge < -0.3 is 9.64 Å². The van der Waals surface area contributed by atoms with Gasteiger partial charge in [0.15, 0.2) is 11.6 Å². The highest BCUT2D eigenvalue weighted by Crippen LogP contribution is 2.31. The number of methoxy groups -OCH3 is 1. The Bertz CT molecular complexity index is 1350. The summed E-state index contributed by atoms with van der Waals surface area (Å²) in [5.41, 5.74) is 2.54. The SMILES string of the molecule is COc1ccc(CC#Cc2ccc3c(c2)C(=O)/C(=C\c2ccc(F)c(F)c2)C(=O)N3C)cc1. The molecule has 1 amide bonds. The van der Waals surface area contributed by atoms with Crippen LogP contribution in [0.4, 0.5) is 14.5 Å². The lowest BCUT2D eigenvalue weighted by molar-refractivity contribution is -0.114. The maximum Gasteiger partial charge on any atom is 0.262 e. The van der Waals surface area contributed by atoms with E-state index in [9.17, 15) is 18.4 Å². The second-order valence-electron chi connectivity index (χ2n) is 7.48. The van der Waals surface area contributed by atoms with Gasteiger partial charge >= 0.3 is 0 Å². The summed E-state index contributed by atoms with van der Waals surface area (Å²) in [7, 11) is 3.16. The average molecular weight is 443 g/mol. The molecule has 6 heteroatoms. The molecule has 3 aromatic rings. The molecule has 1 aliphatic rings. The maximum absolute atomic E-state index is 13.6. The third-order valence-electron chi connectivity index (χ3n) is 5.32. The lowest BCUT2D eigenvalue weighted by Crippen LogP contribution is -2.36. The van der Waals surface area contributed by atoms with Crippen molar-refractivity contribution in [3.8, 4) is 17.6 Å². The van der Waals surface area contributed by atoms with Crippen molar-refractivity contribution in [2.75, 3.05) is 19.1 Å². The van der Waals surface area contributed by atoms with Crippen molar-refractivity contribution >= 4 is 23.5 Å². The van der Waals surface area contributed by atoms with E-state index in [1.54, 1.807) is 32.4 Å². The van der Waals surface area contributed by atoms with Gasteiger partial charge in [-0.05, 0) is 59.7 Å². The zero-order valence-corrected chi connectivity index (χ0v) is 18.0. The van der Waals surface area contributed by atoms with Crippen molar-refractivity contribution in [3.63, 3.8) is 0 Å². The Morgan fingerprint density at radius 1 is 0.970 bits per heavy atom. The number of amides is 1. The first-order chi connectivity index (χ1) is 15.9. The monoisotopic (exact) mass is 443 g/mol. The summed E-state index contributed by atoms with van der Waals surface area (Å²) >= 11 is 0. The molecule has 0 fully saturated rings. The molecule has 4 rings (SSSR count).